The molecule has 2 heterocycles. The quantitative estimate of drug-likeness (QED) is 0.584. The van der Waals surface area contributed by atoms with Crippen molar-refractivity contribution in [3.63, 3.8) is 0 Å². The van der Waals surface area contributed by atoms with Crippen molar-refractivity contribution in [2.45, 2.75) is 25.9 Å². The Kier molecular flexibility index (Phi) is 5.72. The SMILES string of the molecule is O=C(CCc1ccc(Cl)cc1)N(Cc1ccco1)Cc1cccs1. The molecule has 0 saturated carbocycles. The van der Waals surface area contributed by atoms with Crippen LogP contribution in [-0.2, 0) is 24.3 Å². The van der Waals surface area contributed by atoms with Crippen molar-refractivity contribution < 1.29 is 9.21 Å². The van der Waals surface area contributed by atoms with Gasteiger partial charge in [-0.05, 0) is 47.7 Å². The van der Waals surface area contributed by atoms with E-state index >= 15 is 0 Å². The lowest BCUT2D eigenvalue weighted by Crippen LogP contribution is -2.29. The van der Waals surface area contributed by atoms with E-state index in [1.807, 2.05) is 58.8 Å². The van der Waals surface area contributed by atoms with Gasteiger partial charge in [0, 0.05) is 16.3 Å². The third kappa shape index (κ3) is 4.73. The molecule has 0 radical (unpaired) electrons. The molecule has 0 atom stereocenters. The zero-order valence-corrected chi connectivity index (χ0v) is 14.7. The molecule has 0 aliphatic carbocycles. The van der Waals surface area contributed by atoms with Crippen LogP contribution in [0.1, 0.15) is 22.6 Å². The first-order chi connectivity index (χ1) is 11.7. The number of thiophene rings is 1. The van der Waals surface area contributed by atoms with Gasteiger partial charge in [0.15, 0.2) is 0 Å². The van der Waals surface area contributed by atoms with Gasteiger partial charge in [-0.2, -0.15) is 0 Å². The van der Waals surface area contributed by atoms with Crippen molar-refractivity contribution in [3.8, 4) is 0 Å². The second kappa shape index (κ2) is 8.18. The van der Waals surface area contributed by atoms with Gasteiger partial charge in [0.2, 0.25) is 5.91 Å². The lowest BCUT2D eigenvalue weighted by Gasteiger charge is -2.21. The highest BCUT2D eigenvalue weighted by molar-refractivity contribution is 7.09. The van der Waals surface area contributed by atoms with E-state index in [2.05, 4.69) is 0 Å². The van der Waals surface area contributed by atoms with E-state index in [0.717, 1.165) is 11.3 Å². The molecule has 0 aliphatic heterocycles. The lowest BCUT2D eigenvalue weighted by molar-refractivity contribution is -0.132. The normalized spacial score (nSPS) is 10.7. The molecule has 0 N–H and O–H groups in total. The van der Waals surface area contributed by atoms with Gasteiger partial charge in [-0.1, -0.05) is 29.8 Å². The molecule has 24 heavy (non-hydrogen) atoms. The summed E-state index contributed by atoms with van der Waals surface area (Å²) in [6.07, 6.45) is 2.81. The van der Waals surface area contributed by atoms with Gasteiger partial charge in [-0.25, -0.2) is 0 Å². The maximum absolute atomic E-state index is 12.7. The third-order valence-electron chi connectivity index (χ3n) is 3.75. The first-order valence-corrected chi connectivity index (χ1v) is 9.03. The minimum atomic E-state index is 0.120. The molecule has 0 bridgehead atoms. The van der Waals surface area contributed by atoms with Gasteiger partial charge in [0.25, 0.3) is 0 Å². The van der Waals surface area contributed by atoms with Crippen LogP contribution in [0, 0.1) is 0 Å². The van der Waals surface area contributed by atoms with E-state index in [0.29, 0.717) is 31.0 Å². The number of halogens is 1. The Morgan fingerprint density at radius 1 is 1.08 bits per heavy atom. The van der Waals surface area contributed by atoms with Gasteiger partial charge in [-0.15, -0.1) is 11.3 Å². The van der Waals surface area contributed by atoms with E-state index < -0.39 is 0 Å². The number of benzene rings is 1. The van der Waals surface area contributed by atoms with Crippen LogP contribution in [0.4, 0.5) is 0 Å². The smallest absolute Gasteiger partial charge is 0.223 e. The van der Waals surface area contributed by atoms with E-state index in [1.165, 1.54) is 4.88 Å². The average Bonchev–Trinajstić information content (AvgIpc) is 3.27. The Bertz CT molecular complexity index is 715. The van der Waals surface area contributed by atoms with E-state index in [9.17, 15) is 4.79 Å². The van der Waals surface area contributed by atoms with E-state index in [1.54, 1.807) is 17.6 Å². The summed E-state index contributed by atoms with van der Waals surface area (Å²) in [5.74, 6) is 0.918. The van der Waals surface area contributed by atoms with E-state index in [-0.39, 0.29) is 5.91 Å². The average molecular weight is 360 g/mol. The molecule has 0 saturated heterocycles. The van der Waals surface area contributed by atoms with Crippen LogP contribution < -0.4 is 0 Å². The van der Waals surface area contributed by atoms with Crippen LogP contribution in [0.15, 0.2) is 64.6 Å². The summed E-state index contributed by atoms with van der Waals surface area (Å²) in [7, 11) is 0. The van der Waals surface area contributed by atoms with Gasteiger partial charge in [0.05, 0.1) is 19.4 Å². The lowest BCUT2D eigenvalue weighted by atomic mass is 10.1. The molecule has 5 heteroatoms. The first-order valence-electron chi connectivity index (χ1n) is 7.78. The van der Waals surface area contributed by atoms with Crippen molar-refractivity contribution in [2.75, 3.05) is 0 Å². The Labute approximate surface area is 150 Å². The molecular formula is C19H18ClNO2S. The summed E-state index contributed by atoms with van der Waals surface area (Å²) in [6, 6.07) is 15.4. The number of carbonyl (C=O) groups is 1. The summed E-state index contributed by atoms with van der Waals surface area (Å²) in [4.78, 5) is 15.7. The van der Waals surface area contributed by atoms with Gasteiger partial charge >= 0.3 is 0 Å². The fourth-order valence-electron chi connectivity index (χ4n) is 2.47. The molecule has 0 unspecified atom stereocenters. The number of carbonyl (C=O) groups excluding carboxylic acids is 1. The highest BCUT2D eigenvalue weighted by atomic mass is 35.5. The van der Waals surface area contributed by atoms with Gasteiger partial charge in [-0.3, -0.25) is 4.79 Å². The van der Waals surface area contributed by atoms with Crippen LogP contribution in [-0.4, -0.2) is 10.8 Å². The van der Waals surface area contributed by atoms with Crippen LogP contribution in [0.25, 0.3) is 0 Å². The van der Waals surface area contributed by atoms with Crippen LogP contribution >= 0.6 is 22.9 Å². The number of rotatable bonds is 7. The van der Waals surface area contributed by atoms with Crippen LogP contribution in [0.5, 0.6) is 0 Å². The predicted molar refractivity (Wildman–Crippen MR) is 97.1 cm³/mol. The van der Waals surface area contributed by atoms with Crippen molar-refractivity contribution in [1.29, 1.82) is 0 Å². The number of amides is 1. The summed E-state index contributed by atoms with van der Waals surface area (Å²) in [6.45, 7) is 1.10. The second-order valence-corrected chi connectivity index (χ2v) is 7.00. The Morgan fingerprint density at radius 2 is 1.92 bits per heavy atom. The Hall–Kier alpha value is -2.04. The summed E-state index contributed by atoms with van der Waals surface area (Å²) >= 11 is 7.56. The minimum absolute atomic E-state index is 0.120. The van der Waals surface area contributed by atoms with Gasteiger partial charge < -0.3 is 9.32 Å². The maximum Gasteiger partial charge on any atom is 0.223 e. The minimum Gasteiger partial charge on any atom is -0.467 e. The van der Waals surface area contributed by atoms with Gasteiger partial charge in [0.1, 0.15) is 5.76 Å². The molecule has 0 fully saturated rings. The van der Waals surface area contributed by atoms with Crippen molar-refractivity contribution in [1.82, 2.24) is 4.90 Å². The standard InChI is InChI=1S/C19H18ClNO2S/c20-16-8-5-15(6-9-16)7-10-19(22)21(13-17-3-1-11-23-17)14-18-4-2-12-24-18/h1-6,8-9,11-12H,7,10,13-14H2. The van der Waals surface area contributed by atoms with Crippen molar-refractivity contribution >= 4 is 28.8 Å². The fraction of sp³-hybridized carbons (Fsp3) is 0.211. The number of hydrogen-bond donors (Lipinski definition) is 0. The zero-order chi connectivity index (χ0) is 16.8. The predicted octanol–water partition coefficient (Wildman–Crippen LogP) is 5.16. The Balaban J connectivity index is 1.64. The number of aryl methyl sites for hydroxylation is 1. The molecule has 0 spiro atoms. The number of hydrogen-bond acceptors (Lipinski definition) is 3. The molecule has 2 aromatic heterocycles. The van der Waals surface area contributed by atoms with Crippen LogP contribution in [0.2, 0.25) is 5.02 Å². The first kappa shape index (κ1) is 16.8. The van der Waals surface area contributed by atoms with Crippen molar-refractivity contribution in [3.05, 3.63) is 81.4 Å². The summed E-state index contributed by atoms with van der Waals surface area (Å²) in [5, 5.41) is 2.74. The molecule has 0 aliphatic rings. The molecule has 3 rings (SSSR count). The fourth-order valence-corrected chi connectivity index (χ4v) is 3.32. The zero-order valence-electron chi connectivity index (χ0n) is 13.2. The topological polar surface area (TPSA) is 33.5 Å². The maximum atomic E-state index is 12.7. The molecule has 124 valence electrons. The number of nitrogens with zero attached hydrogens (tertiary/aromatic N) is 1. The van der Waals surface area contributed by atoms with Crippen LogP contribution in [0.3, 0.4) is 0 Å². The molecule has 3 aromatic rings. The summed E-state index contributed by atoms with van der Waals surface area (Å²) < 4.78 is 5.40. The molecule has 1 aromatic carbocycles. The van der Waals surface area contributed by atoms with Crippen molar-refractivity contribution in [2.24, 2.45) is 0 Å². The molecular weight excluding hydrogens is 342 g/mol. The summed E-state index contributed by atoms with van der Waals surface area (Å²) in [5.41, 5.74) is 1.11. The molecule has 3 nitrogen and oxygen atoms in total. The van der Waals surface area contributed by atoms with E-state index in [4.69, 9.17) is 16.0 Å². The second-order valence-electron chi connectivity index (χ2n) is 5.53. The third-order valence-corrected chi connectivity index (χ3v) is 4.86. The largest absolute Gasteiger partial charge is 0.467 e. The number of furan rings is 1. The molecule has 1 amide bonds. The highest BCUT2D eigenvalue weighted by Gasteiger charge is 2.16. The highest BCUT2D eigenvalue weighted by Crippen LogP contribution is 2.17. The Morgan fingerprint density at radius 3 is 2.58 bits per heavy atom. The monoisotopic (exact) mass is 359 g/mol.